The van der Waals surface area contributed by atoms with Crippen LogP contribution < -0.4 is 9.47 Å². The fraction of sp³-hybridized carbons (Fsp3) is 0.688. The number of amides is 1. The standard InChI is InChI=1S/C32H51N3O5/c1-8-10-16-33(17-11-12-18-35(5,6)7)29(36)22-34-21-25(24-13-14-27-28(19-24)40-23-39-27)30(31(37)38)26(34)20-32(3,4)15-9-2/h9,13-15,19,25-26,30H,8,10-12,16-18,20-23H2,1-7H3/p+1/t25-,26+,30?/m1/s1. The maximum Gasteiger partial charge on any atom is 0.308 e. The minimum absolute atomic E-state index is 0.100. The molecule has 0 spiro atoms. The monoisotopic (exact) mass is 558 g/mol. The van der Waals surface area contributed by atoms with Crippen LogP contribution in [0.15, 0.2) is 30.4 Å². The number of carbonyl (C=O) groups excluding carboxylic acids is 1. The second-order valence-corrected chi connectivity index (χ2v) is 13.2. The van der Waals surface area contributed by atoms with E-state index in [2.05, 4.69) is 52.9 Å². The highest BCUT2D eigenvalue weighted by atomic mass is 16.7. The molecular weight excluding hydrogens is 506 g/mol. The number of aliphatic carboxylic acids is 1. The topological polar surface area (TPSA) is 79.3 Å². The van der Waals surface area contributed by atoms with Crippen LogP contribution in [0, 0.1) is 11.3 Å². The Morgan fingerprint density at radius 3 is 2.48 bits per heavy atom. The van der Waals surface area contributed by atoms with Crippen LogP contribution in [0.2, 0.25) is 0 Å². The molecule has 8 nitrogen and oxygen atoms in total. The van der Waals surface area contributed by atoms with Crippen LogP contribution in [0.4, 0.5) is 0 Å². The molecule has 0 aliphatic carbocycles. The zero-order valence-corrected chi connectivity index (χ0v) is 25.8. The van der Waals surface area contributed by atoms with Gasteiger partial charge in [-0.3, -0.25) is 14.5 Å². The maximum absolute atomic E-state index is 13.8. The molecule has 0 bridgehead atoms. The first-order valence-corrected chi connectivity index (χ1v) is 14.9. The lowest BCUT2D eigenvalue weighted by Crippen LogP contribution is -2.46. The summed E-state index contributed by atoms with van der Waals surface area (Å²) in [6.45, 7) is 11.9. The van der Waals surface area contributed by atoms with E-state index in [1.54, 1.807) is 0 Å². The lowest BCUT2D eigenvalue weighted by molar-refractivity contribution is -0.870. The van der Waals surface area contributed by atoms with E-state index >= 15 is 0 Å². The van der Waals surface area contributed by atoms with Crippen molar-refractivity contribution < 1.29 is 28.7 Å². The molecule has 2 aliphatic heterocycles. The fourth-order valence-corrected chi connectivity index (χ4v) is 6.16. The summed E-state index contributed by atoms with van der Waals surface area (Å²) in [5, 5.41) is 10.5. The number of rotatable bonds is 15. The number of carboxylic acids is 1. The second-order valence-electron chi connectivity index (χ2n) is 13.2. The van der Waals surface area contributed by atoms with E-state index in [0.717, 1.165) is 55.4 Å². The Balaban J connectivity index is 1.85. The van der Waals surface area contributed by atoms with Crippen LogP contribution in [0.5, 0.6) is 11.5 Å². The predicted molar refractivity (Wildman–Crippen MR) is 159 cm³/mol. The molecule has 3 rings (SSSR count). The molecule has 1 amide bonds. The number of quaternary nitrogens is 1. The number of carbonyl (C=O) groups is 2. The number of likely N-dealkylation sites (tertiary alicyclic amines) is 1. The van der Waals surface area contributed by atoms with E-state index in [0.29, 0.717) is 24.5 Å². The number of fused-ring (bicyclic) bond motifs is 1. The zero-order chi connectivity index (χ0) is 29.5. The summed E-state index contributed by atoms with van der Waals surface area (Å²) in [6.07, 6.45) is 8.85. The third kappa shape index (κ3) is 8.71. The normalized spacial score (nSPS) is 21.3. The van der Waals surface area contributed by atoms with E-state index in [9.17, 15) is 14.7 Å². The molecule has 0 aromatic heterocycles. The molecule has 1 fully saturated rings. The third-order valence-electron chi connectivity index (χ3n) is 8.19. The Morgan fingerprint density at radius 2 is 1.82 bits per heavy atom. The van der Waals surface area contributed by atoms with Crippen molar-refractivity contribution in [1.29, 1.82) is 0 Å². The number of ether oxygens (including phenoxy) is 2. The van der Waals surface area contributed by atoms with E-state index in [1.165, 1.54) is 0 Å². The van der Waals surface area contributed by atoms with Crippen LogP contribution in [0.1, 0.15) is 71.3 Å². The number of allylic oxidation sites excluding steroid dienone is 2. The van der Waals surface area contributed by atoms with Crippen molar-refractivity contribution in [3.05, 3.63) is 35.9 Å². The van der Waals surface area contributed by atoms with Gasteiger partial charge in [-0.1, -0.05) is 45.4 Å². The number of nitrogens with zero attached hydrogens (tertiary/aromatic N) is 3. The molecule has 1 aromatic rings. The first-order valence-electron chi connectivity index (χ1n) is 14.9. The molecule has 40 heavy (non-hydrogen) atoms. The lowest BCUT2D eigenvalue weighted by atomic mass is 9.77. The number of carboxylic acid groups (broad SMARTS) is 1. The van der Waals surface area contributed by atoms with Crippen molar-refractivity contribution in [3.63, 3.8) is 0 Å². The van der Waals surface area contributed by atoms with Crippen molar-refractivity contribution in [2.75, 3.05) is 60.7 Å². The molecule has 0 radical (unpaired) electrons. The quantitative estimate of drug-likeness (QED) is 0.186. The minimum Gasteiger partial charge on any atom is -0.481 e. The molecule has 2 heterocycles. The fourth-order valence-electron chi connectivity index (χ4n) is 6.16. The van der Waals surface area contributed by atoms with Crippen molar-refractivity contribution in [3.8, 4) is 11.5 Å². The summed E-state index contributed by atoms with van der Waals surface area (Å²) >= 11 is 0. The number of hydrogen-bond acceptors (Lipinski definition) is 5. The van der Waals surface area contributed by atoms with Crippen LogP contribution in [0.3, 0.4) is 0 Å². The molecule has 0 saturated carbocycles. The van der Waals surface area contributed by atoms with Gasteiger partial charge in [0.2, 0.25) is 12.7 Å². The summed E-state index contributed by atoms with van der Waals surface area (Å²) in [5.41, 5.74) is 0.717. The first kappa shape index (κ1) is 31.9. The Labute approximate surface area is 241 Å². The predicted octanol–water partition coefficient (Wildman–Crippen LogP) is 4.99. The minimum atomic E-state index is -0.818. The Kier molecular flexibility index (Phi) is 11.1. The Bertz CT molecular complexity index is 1030. The van der Waals surface area contributed by atoms with Crippen molar-refractivity contribution in [2.24, 2.45) is 11.3 Å². The van der Waals surface area contributed by atoms with Gasteiger partial charge < -0.3 is 24.0 Å². The molecule has 8 heteroatoms. The van der Waals surface area contributed by atoms with Crippen LogP contribution in [-0.4, -0.2) is 98.0 Å². The average molecular weight is 559 g/mol. The first-order chi connectivity index (χ1) is 18.8. The molecule has 224 valence electrons. The molecule has 1 saturated heterocycles. The van der Waals surface area contributed by atoms with Crippen LogP contribution >= 0.6 is 0 Å². The number of hydrogen-bond donors (Lipinski definition) is 1. The largest absolute Gasteiger partial charge is 0.481 e. The Hall–Kier alpha value is -2.58. The number of benzene rings is 1. The van der Waals surface area contributed by atoms with Gasteiger partial charge in [0.25, 0.3) is 0 Å². The van der Waals surface area contributed by atoms with Gasteiger partial charge in [-0.15, -0.1) is 0 Å². The SMILES string of the molecule is CC=CC(C)(C)C[C@H]1C(C(=O)O)[C@@H](c2ccc3c(c2)OCO3)CN1CC(=O)N(CCCC)CCCC[N+](C)(C)C. The van der Waals surface area contributed by atoms with Gasteiger partial charge >= 0.3 is 5.97 Å². The molecular formula is C32H52N3O5+. The van der Waals surface area contributed by atoms with Crippen molar-refractivity contribution in [1.82, 2.24) is 9.80 Å². The smallest absolute Gasteiger partial charge is 0.308 e. The summed E-state index contributed by atoms with van der Waals surface area (Å²) in [5.74, 6) is -0.263. The van der Waals surface area contributed by atoms with E-state index < -0.39 is 11.9 Å². The summed E-state index contributed by atoms with van der Waals surface area (Å²) in [7, 11) is 6.58. The van der Waals surface area contributed by atoms with Gasteiger partial charge in [0.05, 0.1) is 40.2 Å². The van der Waals surface area contributed by atoms with Crippen molar-refractivity contribution in [2.45, 2.75) is 71.8 Å². The maximum atomic E-state index is 13.8. The van der Waals surface area contributed by atoms with Crippen molar-refractivity contribution >= 4 is 11.9 Å². The summed E-state index contributed by atoms with van der Waals surface area (Å²) in [4.78, 5) is 30.8. The highest BCUT2D eigenvalue weighted by Crippen LogP contribution is 2.45. The van der Waals surface area contributed by atoms with E-state index in [-0.39, 0.29) is 36.6 Å². The summed E-state index contributed by atoms with van der Waals surface area (Å²) in [6, 6.07) is 5.47. The second kappa shape index (κ2) is 13.9. The Morgan fingerprint density at radius 1 is 1.12 bits per heavy atom. The number of unbranched alkanes of at least 4 members (excludes halogenated alkanes) is 2. The van der Waals surface area contributed by atoms with Gasteiger partial charge in [-0.05, 0) is 55.7 Å². The van der Waals surface area contributed by atoms with Gasteiger partial charge in [0.1, 0.15) is 0 Å². The van der Waals surface area contributed by atoms with E-state index in [4.69, 9.17) is 9.47 Å². The molecule has 3 atom stereocenters. The summed E-state index contributed by atoms with van der Waals surface area (Å²) < 4.78 is 12.0. The third-order valence-corrected chi connectivity index (χ3v) is 8.19. The van der Waals surface area contributed by atoms with Crippen LogP contribution in [-0.2, 0) is 9.59 Å². The molecule has 1 N–H and O–H groups in total. The van der Waals surface area contributed by atoms with Gasteiger partial charge in [0, 0.05) is 31.6 Å². The van der Waals surface area contributed by atoms with Gasteiger partial charge in [-0.2, -0.15) is 0 Å². The zero-order valence-electron chi connectivity index (χ0n) is 25.8. The van der Waals surface area contributed by atoms with Gasteiger partial charge in [0.15, 0.2) is 11.5 Å². The highest BCUT2D eigenvalue weighted by Gasteiger charge is 2.48. The lowest BCUT2D eigenvalue weighted by Gasteiger charge is -2.34. The molecule has 1 aromatic carbocycles. The molecule has 2 aliphatic rings. The molecule has 1 unspecified atom stereocenters. The average Bonchev–Trinajstić information content (AvgIpc) is 3.46. The van der Waals surface area contributed by atoms with E-state index in [1.807, 2.05) is 36.1 Å². The highest BCUT2D eigenvalue weighted by molar-refractivity contribution is 5.79. The van der Waals surface area contributed by atoms with Crippen LogP contribution in [0.25, 0.3) is 0 Å². The van der Waals surface area contributed by atoms with Gasteiger partial charge in [-0.25, -0.2) is 0 Å².